The molecule has 10 heteroatoms. The first kappa shape index (κ1) is 23.9. The Morgan fingerprint density at radius 2 is 1.86 bits per heavy atom. The third kappa shape index (κ3) is 4.00. The number of fused-ring (bicyclic) bond motifs is 2. The number of hydrogen-bond acceptors (Lipinski definition) is 3. The highest BCUT2D eigenvalue weighted by atomic mass is 19.4. The van der Waals surface area contributed by atoms with E-state index in [0.717, 1.165) is 34.5 Å². The van der Waals surface area contributed by atoms with Crippen LogP contribution in [0.25, 0.3) is 33.5 Å². The smallest absolute Gasteiger partial charge is 0.344 e. The van der Waals surface area contributed by atoms with Crippen LogP contribution in [-0.4, -0.2) is 55.6 Å². The molecule has 1 N–H and O–H groups in total. The summed E-state index contributed by atoms with van der Waals surface area (Å²) in [6.45, 7) is 4.63. The molecule has 4 aromatic rings. The van der Waals surface area contributed by atoms with Crippen molar-refractivity contribution in [3.63, 3.8) is 0 Å². The number of benzene rings is 2. The Labute approximate surface area is 205 Å². The van der Waals surface area contributed by atoms with Gasteiger partial charge in [-0.2, -0.15) is 13.2 Å². The number of nitrogens with zero attached hydrogens (tertiary/aromatic N) is 4. The zero-order chi connectivity index (χ0) is 25.8. The molecule has 5 rings (SSSR count). The zero-order valence-electron chi connectivity index (χ0n) is 20.1. The van der Waals surface area contributed by atoms with Crippen molar-refractivity contribution in [1.29, 1.82) is 0 Å². The molecular formula is C26H26F3N5O2. The van der Waals surface area contributed by atoms with Gasteiger partial charge in [-0.1, -0.05) is 18.2 Å². The predicted molar refractivity (Wildman–Crippen MR) is 130 cm³/mol. The van der Waals surface area contributed by atoms with Crippen molar-refractivity contribution < 1.29 is 22.8 Å². The number of para-hydroxylation sites is 1. The average Bonchev–Trinajstić information content (AvgIpc) is 3.50. The Morgan fingerprint density at radius 3 is 2.58 bits per heavy atom. The first-order valence-corrected chi connectivity index (χ1v) is 11.8. The summed E-state index contributed by atoms with van der Waals surface area (Å²) >= 11 is 0. The quantitative estimate of drug-likeness (QED) is 0.452. The molecule has 36 heavy (non-hydrogen) atoms. The second-order valence-corrected chi connectivity index (χ2v) is 9.24. The normalized spacial score (nSPS) is 18.3. The number of alkyl halides is 3. The molecule has 0 aliphatic carbocycles. The van der Waals surface area contributed by atoms with Gasteiger partial charge in [0, 0.05) is 48.7 Å². The average molecular weight is 498 g/mol. The van der Waals surface area contributed by atoms with Crippen LogP contribution in [0.5, 0.6) is 0 Å². The van der Waals surface area contributed by atoms with Crippen molar-refractivity contribution in [2.75, 3.05) is 6.54 Å². The van der Waals surface area contributed by atoms with Crippen LogP contribution >= 0.6 is 0 Å². The molecule has 7 nitrogen and oxygen atoms in total. The van der Waals surface area contributed by atoms with E-state index in [4.69, 9.17) is 4.98 Å². The summed E-state index contributed by atoms with van der Waals surface area (Å²) in [5.74, 6) is -1.51. The molecule has 1 aliphatic rings. The Morgan fingerprint density at radius 1 is 1.11 bits per heavy atom. The number of aryl methyl sites for hydroxylation is 2. The van der Waals surface area contributed by atoms with E-state index in [2.05, 4.69) is 29.7 Å². The van der Waals surface area contributed by atoms with Gasteiger partial charge in [0.2, 0.25) is 0 Å². The minimum Gasteiger partial charge on any atom is -0.344 e. The number of carbonyl (C=O) groups is 2. The van der Waals surface area contributed by atoms with Crippen LogP contribution in [-0.2, 0) is 18.4 Å². The maximum absolute atomic E-state index is 13.3. The highest BCUT2D eigenvalue weighted by Crippen LogP contribution is 2.31. The number of likely N-dealkylation sites (tertiary alicyclic amines) is 1. The van der Waals surface area contributed by atoms with Crippen molar-refractivity contribution in [2.45, 2.75) is 45.1 Å². The lowest BCUT2D eigenvalue weighted by Crippen LogP contribution is -2.44. The Kier molecular flexibility index (Phi) is 5.77. The molecule has 2 aromatic carbocycles. The van der Waals surface area contributed by atoms with Gasteiger partial charge in [0.05, 0.1) is 16.7 Å². The Balaban J connectivity index is 1.44. The molecule has 188 valence electrons. The summed E-state index contributed by atoms with van der Waals surface area (Å²) in [5, 5.41) is 3.11. The van der Waals surface area contributed by atoms with Crippen molar-refractivity contribution in [3.05, 3.63) is 54.1 Å². The second kappa shape index (κ2) is 8.69. The Bertz CT molecular complexity index is 1490. The molecule has 2 atom stereocenters. The van der Waals surface area contributed by atoms with Gasteiger partial charge in [-0.25, -0.2) is 4.98 Å². The molecule has 0 bridgehead atoms. The van der Waals surface area contributed by atoms with E-state index in [1.165, 1.54) is 4.90 Å². The van der Waals surface area contributed by atoms with Gasteiger partial charge < -0.3 is 19.4 Å². The molecule has 1 aliphatic heterocycles. The highest BCUT2D eigenvalue weighted by molar-refractivity contribution is 5.98. The van der Waals surface area contributed by atoms with Gasteiger partial charge in [-0.15, -0.1) is 0 Å². The van der Waals surface area contributed by atoms with Crippen LogP contribution in [0.1, 0.15) is 30.6 Å². The van der Waals surface area contributed by atoms with E-state index in [0.29, 0.717) is 11.1 Å². The van der Waals surface area contributed by atoms with E-state index < -0.39 is 18.1 Å². The van der Waals surface area contributed by atoms with Gasteiger partial charge >= 0.3 is 12.1 Å². The molecule has 0 radical (unpaired) electrons. The molecule has 2 aromatic heterocycles. The minimum atomic E-state index is -4.95. The predicted octanol–water partition coefficient (Wildman–Crippen LogP) is 4.50. The molecule has 0 spiro atoms. The summed E-state index contributed by atoms with van der Waals surface area (Å²) in [4.78, 5) is 30.9. The van der Waals surface area contributed by atoms with Crippen LogP contribution in [0.4, 0.5) is 13.2 Å². The monoisotopic (exact) mass is 497 g/mol. The molecule has 2 unspecified atom stereocenters. The van der Waals surface area contributed by atoms with Gasteiger partial charge in [-0.05, 0) is 50.6 Å². The maximum atomic E-state index is 13.3. The fourth-order valence-corrected chi connectivity index (χ4v) is 5.15. The maximum Gasteiger partial charge on any atom is 0.471 e. The summed E-state index contributed by atoms with van der Waals surface area (Å²) in [6, 6.07) is 14.4. The van der Waals surface area contributed by atoms with E-state index in [1.54, 1.807) is 19.1 Å². The molecule has 3 heterocycles. The van der Waals surface area contributed by atoms with E-state index in [9.17, 15) is 22.8 Å². The number of imidazole rings is 1. The molecule has 1 saturated heterocycles. The third-order valence-corrected chi connectivity index (χ3v) is 6.91. The van der Waals surface area contributed by atoms with Crippen LogP contribution in [0.2, 0.25) is 0 Å². The van der Waals surface area contributed by atoms with Crippen molar-refractivity contribution in [2.24, 2.45) is 7.05 Å². The number of carbonyl (C=O) groups excluding carboxylic acids is 2. The molecule has 2 amide bonds. The molecular weight excluding hydrogens is 471 g/mol. The highest BCUT2D eigenvalue weighted by Gasteiger charge is 2.42. The standard InChI is InChI=1S/C26H26F3N5O2/c1-4-33-20-8-6-5-7-16(20)13-22(33)23-31-19-12-17(9-10-21(19)32(23)3)24(35)34-14-18(11-15(34)2)30-25(36)26(27,28)29/h5-10,12-13,15,18H,4,11,14H2,1-3H3,(H,30,36). The number of nitrogens with one attached hydrogen (secondary N) is 1. The number of amides is 2. The van der Waals surface area contributed by atoms with Gasteiger partial charge in [0.25, 0.3) is 5.91 Å². The lowest BCUT2D eigenvalue weighted by Gasteiger charge is -2.21. The van der Waals surface area contributed by atoms with Crippen LogP contribution < -0.4 is 5.32 Å². The molecule has 1 fully saturated rings. The molecule has 0 saturated carbocycles. The fourth-order valence-electron chi connectivity index (χ4n) is 5.15. The van der Waals surface area contributed by atoms with Crippen molar-refractivity contribution in [3.8, 4) is 11.5 Å². The topological polar surface area (TPSA) is 72.2 Å². The van der Waals surface area contributed by atoms with Gasteiger partial charge in [0.15, 0.2) is 5.82 Å². The Hall–Kier alpha value is -3.82. The summed E-state index contributed by atoms with van der Waals surface area (Å²) in [7, 11) is 1.93. The van der Waals surface area contributed by atoms with E-state index in [-0.39, 0.29) is 24.9 Å². The number of hydrogen-bond donors (Lipinski definition) is 1. The van der Waals surface area contributed by atoms with Gasteiger partial charge in [0.1, 0.15) is 0 Å². The van der Waals surface area contributed by atoms with E-state index in [1.807, 2.05) is 35.1 Å². The first-order valence-electron chi connectivity index (χ1n) is 11.8. The van der Waals surface area contributed by atoms with Crippen LogP contribution in [0.3, 0.4) is 0 Å². The zero-order valence-corrected chi connectivity index (χ0v) is 20.1. The minimum absolute atomic E-state index is 0.0178. The lowest BCUT2D eigenvalue weighted by molar-refractivity contribution is -0.174. The SMILES string of the molecule is CCn1c(-c2nc3cc(C(=O)N4CC(NC(=O)C(F)(F)F)CC4C)ccc3n2C)cc2ccccc21. The third-order valence-electron chi connectivity index (χ3n) is 6.91. The summed E-state index contributed by atoms with van der Waals surface area (Å²) < 4.78 is 42.1. The summed E-state index contributed by atoms with van der Waals surface area (Å²) in [5.41, 5.74) is 4.01. The van der Waals surface area contributed by atoms with E-state index >= 15 is 0 Å². The van der Waals surface area contributed by atoms with Crippen molar-refractivity contribution >= 4 is 33.8 Å². The number of rotatable bonds is 4. The first-order chi connectivity index (χ1) is 17.1. The fraction of sp³-hybridized carbons (Fsp3) is 0.346. The number of halogens is 3. The van der Waals surface area contributed by atoms with Crippen LogP contribution in [0.15, 0.2) is 48.5 Å². The van der Waals surface area contributed by atoms with Crippen molar-refractivity contribution in [1.82, 2.24) is 24.3 Å². The lowest BCUT2D eigenvalue weighted by atomic mass is 10.1. The second-order valence-electron chi connectivity index (χ2n) is 9.24. The summed E-state index contributed by atoms with van der Waals surface area (Å²) in [6.07, 6.45) is -4.70. The van der Waals surface area contributed by atoms with Gasteiger partial charge in [-0.3, -0.25) is 9.59 Å². The number of aromatic nitrogens is 3. The van der Waals surface area contributed by atoms with Crippen LogP contribution in [0, 0.1) is 0 Å². The largest absolute Gasteiger partial charge is 0.471 e.